The lowest BCUT2D eigenvalue weighted by atomic mass is 10.1. The van der Waals surface area contributed by atoms with Gasteiger partial charge in [0, 0.05) is 0 Å². The number of carbonyl (C=O) groups excluding carboxylic acids is 1. The summed E-state index contributed by atoms with van der Waals surface area (Å²) in [5.41, 5.74) is 0.210. The minimum absolute atomic E-state index is 0.108. The Morgan fingerprint density at radius 3 is 2.32 bits per heavy atom. The Bertz CT molecular complexity index is 623. The summed E-state index contributed by atoms with van der Waals surface area (Å²) in [5.74, 6) is -1.80. The van der Waals surface area contributed by atoms with Crippen molar-refractivity contribution in [3.05, 3.63) is 29.8 Å². The molecular formula is C14H19NO6S. The summed E-state index contributed by atoms with van der Waals surface area (Å²) in [6, 6.07) is 3.90. The molecule has 0 aromatic heterocycles. The van der Waals surface area contributed by atoms with Gasteiger partial charge >= 0.3 is 11.9 Å². The van der Waals surface area contributed by atoms with E-state index in [0.29, 0.717) is 6.42 Å². The number of hydrogen-bond donors (Lipinski definition) is 2. The molecule has 0 aliphatic heterocycles. The molecule has 7 nitrogen and oxygen atoms in total. The monoisotopic (exact) mass is 329 g/mol. The van der Waals surface area contributed by atoms with Gasteiger partial charge in [0.05, 0.1) is 17.6 Å². The van der Waals surface area contributed by atoms with Crippen LogP contribution in [-0.4, -0.2) is 38.6 Å². The molecule has 0 aliphatic carbocycles. The Hall–Kier alpha value is -1.93. The Morgan fingerprint density at radius 1 is 1.27 bits per heavy atom. The maximum Gasteiger partial charge on any atom is 0.337 e. The lowest BCUT2D eigenvalue weighted by molar-refractivity contribution is -0.139. The van der Waals surface area contributed by atoms with Gasteiger partial charge in [-0.3, -0.25) is 4.79 Å². The fourth-order valence-corrected chi connectivity index (χ4v) is 3.01. The van der Waals surface area contributed by atoms with E-state index >= 15 is 0 Å². The van der Waals surface area contributed by atoms with Gasteiger partial charge in [0.2, 0.25) is 10.0 Å². The maximum absolute atomic E-state index is 12.2. The van der Waals surface area contributed by atoms with Gasteiger partial charge in [-0.05, 0) is 30.7 Å². The lowest BCUT2D eigenvalue weighted by Crippen LogP contribution is -2.40. The first kappa shape index (κ1) is 18.1. The van der Waals surface area contributed by atoms with Crippen molar-refractivity contribution in [3.8, 4) is 0 Å². The summed E-state index contributed by atoms with van der Waals surface area (Å²) in [7, 11) is -2.75. The summed E-state index contributed by atoms with van der Waals surface area (Å²) in [4.78, 5) is 22.3. The van der Waals surface area contributed by atoms with E-state index in [1.165, 1.54) is 31.4 Å². The molecule has 122 valence electrons. The third-order valence-electron chi connectivity index (χ3n) is 3.03. The van der Waals surface area contributed by atoms with Crippen LogP contribution in [0.4, 0.5) is 0 Å². The molecule has 0 fully saturated rings. The van der Waals surface area contributed by atoms with Crippen molar-refractivity contribution in [3.63, 3.8) is 0 Å². The van der Waals surface area contributed by atoms with Crippen LogP contribution in [0, 0.1) is 0 Å². The Labute approximate surface area is 129 Å². The van der Waals surface area contributed by atoms with Crippen molar-refractivity contribution in [2.75, 3.05) is 7.11 Å². The van der Waals surface area contributed by atoms with Crippen molar-refractivity contribution < 1.29 is 27.9 Å². The molecule has 0 radical (unpaired) electrons. The van der Waals surface area contributed by atoms with Crippen LogP contribution in [0.25, 0.3) is 0 Å². The molecule has 1 unspecified atom stereocenters. The highest BCUT2D eigenvalue weighted by Gasteiger charge is 2.25. The zero-order valence-corrected chi connectivity index (χ0v) is 13.2. The van der Waals surface area contributed by atoms with Crippen molar-refractivity contribution in [1.82, 2.24) is 4.72 Å². The largest absolute Gasteiger partial charge is 0.480 e. The fraction of sp³-hybridized carbons (Fsp3) is 0.429. The van der Waals surface area contributed by atoms with Crippen LogP contribution < -0.4 is 4.72 Å². The van der Waals surface area contributed by atoms with Crippen LogP contribution in [0.2, 0.25) is 0 Å². The number of benzene rings is 1. The standard InChI is InChI=1S/C14H19NO6S/c1-3-4-5-12(13(16)17)15-22(19,20)11-8-6-10(7-9-11)14(18)21-2/h6-9,12,15H,3-5H2,1-2H3,(H,16,17). The highest BCUT2D eigenvalue weighted by atomic mass is 32.2. The number of carboxylic acid groups (broad SMARTS) is 1. The van der Waals surface area contributed by atoms with Crippen LogP contribution in [0.1, 0.15) is 36.5 Å². The van der Waals surface area contributed by atoms with E-state index in [-0.39, 0.29) is 16.9 Å². The zero-order valence-electron chi connectivity index (χ0n) is 12.4. The highest BCUT2D eigenvalue weighted by Crippen LogP contribution is 2.13. The number of methoxy groups -OCH3 is 1. The predicted octanol–water partition coefficient (Wildman–Crippen LogP) is 1.39. The van der Waals surface area contributed by atoms with E-state index < -0.39 is 28.0 Å². The minimum Gasteiger partial charge on any atom is -0.480 e. The van der Waals surface area contributed by atoms with Crippen molar-refractivity contribution in [2.45, 2.75) is 37.1 Å². The molecule has 0 saturated heterocycles. The topological polar surface area (TPSA) is 110 Å². The Balaban J connectivity index is 2.93. The summed E-state index contributed by atoms with van der Waals surface area (Å²) in [5, 5.41) is 9.07. The van der Waals surface area contributed by atoms with Crippen LogP contribution in [-0.2, 0) is 19.6 Å². The fourth-order valence-electron chi connectivity index (χ4n) is 1.78. The molecule has 0 bridgehead atoms. The van der Waals surface area contributed by atoms with Gasteiger partial charge in [0.15, 0.2) is 0 Å². The van der Waals surface area contributed by atoms with Gasteiger partial charge in [-0.15, -0.1) is 0 Å². The number of unbranched alkanes of at least 4 members (excludes halogenated alkanes) is 1. The number of rotatable bonds is 8. The number of nitrogens with one attached hydrogen (secondary N) is 1. The van der Waals surface area contributed by atoms with Crippen LogP contribution in [0.15, 0.2) is 29.2 Å². The molecule has 1 aromatic carbocycles. The van der Waals surface area contributed by atoms with Gasteiger partial charge in [-0.1, -0.05) is 19.8 Å². The van der Waals surface area contributed by atoms with E-state index in [1.807, 2.05) is 6.92 Å². The second-order valence-corrected chi connectivity index (χ2v) is 6.38. The second kappa shape index (κ2) is 7.90. The number of hydrogen-bond acceptors (Lipinski definition) is 5. The number of esters is 1. The normalized spacial score (nSPS) is 12.6. The molecule has 0 spiro atoms. The quantitative estimate of drug-likeness (QED) is 0.698. The first-order valence-electron chi connectivity index (χ1n) is 6.75. The third-order valence-corrected chi connectivity index (χ3v) is 4.52. The van der Waals surface area contributed by atoms with Gasteiger partial charge in [-0.2, -0.15) is 4.72 Å². The van der Waals surface area contributed by atoms with Gasteiger partial charge in [0.25, 0.3) is 0 Å². The second-order valence-electron chi connectivity index (χ2n) is 4.67. The van der Waals surface area contributed by atoms with E-state index in [2.05, 4.69) is 9.46 Å². The molecule has 1 atom stereocenters. The van der Waals surface area contributed by atoms with E-state index in [0.717, 1.165) is 6.42 Å². The average Bonchev–Trinajstić information content (AvgIpc) is 2.50. The molecule has 1 rings (SSSR count). The van der Waals surface area contributed by atoms with Gasteiger partial charge < -0.3 is 9.84 Å². The molecule has 0 heterocycles. The van der Waals surface area contributed by atoms with Crippen LogP contribution in [0.3, 0.4) is 0 Å². The predicted molar refractivity (Wildman–Crippen MR) is 79.1 cm³/mol. The smallest absolute Gasteiger partial charge is 0.337 e. The summed E-state index contributed by atoms with van der Waals surface area (Å²) in [6.07, 6.45) is 1.57. The molecular weight excluding hydrogens is 310 g/mol. The van der Waals surface area contributed by atoms with Crippen molar-refractivity contribution in [1.29, 1.82) is 0 Å². The molecule has 0 saturated carbocycles. The number of carboxylic acids is 1. The van der Waals surface area contributed by atoms with E-state index in [9.17, 15) is 18.0 Å². The molecule has 22 heavy (non-hydrogen) atoms. The molecule has 0 aliphatic rings. The Morgan fingerprint density at radius 2 is 1.86 bits per heavy atom. The average molecular weight is 329 g/mol. The molecule has 0 amide bonds. The lowest BCUT2D eigenvalue weighted by Gasteiger charge is -2.14. The number of aliphatic carboxylic acids is 1. The van der Waals surface area contributed by atoms with Crippen LogP contribution >= 0.6 is 0 Å². The number of ether oxygens (including phenoxy) is 1. The molecule has 1 aromatic rings. The SMILES string of the molecule is CCCCC(NS(=O)(=O)c1ccc(C(=O)OC)cc1)C(=O)O. The maximum atomic E-state index is 12.2. The van der Waals surface area contributed by atoms with Gasteiger partial charge in [-0.25, -0.2) is 13.2 Å². The van der Waals surface area contributed by atoms with E-state index in [1.54, 1.807) is 0 Å². The summed E-state index contributed by atoms with van der Waals surface area (Å²) < 4.78 is 31.0. The van der Waals surface area contributed by atoms with Crippen LogP contribution in [0.5, 0.6) is 0 Å². The third kappa shape index (κ3) is 4.81. The van der Waals surface area contributed by atoms with E-state index in [4.69, 9.17) is 5.11 Å². The minimum atomic E-state index is -3.97. The number of sulfonamides is 1. The first-order valence-corrected chi connectivity index (χ1v) is 8.23. The zero-order chi connectivity index (χ0) is 16.8. The summed E-state index contributed by atoms with van der Waals surface area (Å²) >= 11 is 0. The van der Waals surface area contributed by atoms with Gasteiger partial charge in [0.1, 0.15) is 6.04 Å². The molecule has 2 N–H and O–H groups in total. The highest BCUT2D eigenvalue weighted by molar-refractivity contribution is 7.89. The first-order chi connectivity index (χ1) is 10.3. The molecule has 8 heteroatoms. The Kier molecular flexibility index (Phi) is 6.51. The van der Waals surface area contributed by atoms with Crippen molar-refractivity contribution >= 4 is 22.0 Å². The summed E-state index contributed by atoms with van der Waals surface area (Å²) in [6.45, 7) is 1.89. The van der Waals surface area contributed by atoms with Crippen molar-refractivity contribution in [2.24, 2.45) is 0 Å². The number of carbonyl (C=O) groups is 2.